The van der Waals surface area contributed by atoms with Gasteiger partial charge in [-0.25, -0.2) is 13.2 Å². The van der Waals surface area contributed by atoms with Crippen LogP contribution >= 0.6 is 0 Å². The van der Waals surface area contributed by atoms with Crippen LogP contribution in [0.5, 0.6) is 0 Å². The SMILES string of the molecule is C[C@@H](N)C(=O)N(CCO)Cc1cc(F)cc(F)c1F. The molecule has 1 aromatic rings. The van der Waals surface area contributed by atoms with E-state index in [-0.39, 0.29) is 25.3 Å². The van der Waals surface area contributed by atoms with Crippen LogP contribution in [0.4, 0.5) is 13.2 Å². The number of carbonyl (C=O) groups excluding carboxylic acids is 1. The lowest BCUT2D eigenvalue weighted by Gasteiger charge is -2.24. The third-order valence-electron chi connectivity index (χ3n) is 2.50. The van der Waals surface area contributed by atoms with Crippen molar-refractivity contribution in [3.05, 3.63) is 35.1 Å². The maximum atomic E-state index is 13.5. The number of aliphatic hydroxyl groups is 1. The molecule has 0 spiro atoms. The van der Waals surface area contributed by atoms with Gasteiger partial charge in [-0.15, -0.1) is 0 Å². The molecular formula is C12H15F3N2O2. The fourth-order valence-electron chi connectivity index (χ4n) is 1.61. The smallest absolute Gasteiger partial charge is 0.239 e. The molecule has 1 atom stereocenters. The molecule has 0 unspecified atom stereocenters. The lowest BCUT2D eigenvalue weighted by Crippen LogP contribution is -2.43. The van der Waals surface area contributed by atoms with Crippen molar-refractivity contribution in [3.8, 4) is 0 Å². The second-order valence-corrected chi connectivity index (χ2v) is 4.13. The summed E-state index contributed by atoms with van der Waals surface area (Å²) in [5, 5.41) is 8.85. The summed E-state index contributed by atoms with van der Waals surface area (Å²) in [4.78, 5) is 12.7. The van der Waals surface area contributed by atoms with Gasteiger partial charge < -0.3 is 15.7 Å². The van der Waals surface area contributed by atoms with Gasteiger partial charge in [0.25, 0.3) is 0 Å². The Hall–Kier alpha value is -1.60. The number of nitrogens with zero attached hydrogens (tertiary/aromatic N) is 1. The van der Waals surface area contributed by atoms with Crippen LogP contribution < -0.4 is 5.73 Å². The fraction of sp³-hybridized carbons (Fsp3) is 0.417. The van der Waals surface area contributed by atoms with Gasteiger partial charge in [-0.05, 0) is 13.0 Å². The zero-order valence-electron chi connectivity index (χ0n) is 10.4. The Kier molecular flexibility index (Phi) is 5.31. The molecule has 19 heavy (non-hydrogen) atoms. The third-order valence-corrected chi connectivity index (χ3v) is 2.50. The van der Waals surface area contributed by atoms with Crippen LogP contribution in [-0.4, -0.2) is 35.1 Å². The van der Waals surface area contributed by atoms with Crippen molar-refractivity contribution in [3.63, 3.8) is 0 Å². The molecule has 0 fully saturated rings. The summed E-state index contributed by atoms with van der Waals surface area (Å²) in [6, 6.07) is 0.368. The molecule has 0 aliphatic rings. The topological polar surface area (TPSA) is 66.6 Å². The minimum absolute atomic E-state index is 0.0993. The molecule has 1 amide bonds. The molecule has 0 aliphatic carbocycles. The Morgan fingerprint density at radius 2 is 2.05 bits per heavy atom. The number of carbonyl (C=O) groups is 1. The number of rotatable bonds is 5. The van der Waals surface area contributed by atoms with Crippen LogP contribution in [-0.2, 0) is 11.3 Å². The first-order chi connectivity index (χ1) is 8.86. The average Bonchev–Trinajstić information content (AvgIpc) is 2.33. The van der Waals surface area contributed by atoms with E-state index in [2.05, 4.69) is 0 Å². The number of hydrogen-bond donors (Lipinski definition) is 2. The van der Waals surface area contributed by atoms with Crippen LogP contribution in [0.15, 0.2) is 12.1 Å². The number of amides is 1. The number of nitrogens with two attached hydrogens (primary N) is 1. The standard InChI is InChI=1S/C12H15F3N2O2/c1-7(16)12(19)17(2-3-18)6-8-4-9(13)5-10(14)11(8)15/h4-5,7,18H,2-3,6,16H2,1H3/t7-/m1/s1. The third kappa shape index (κ3) is 3.93. The number of halogens is 3. The highest BCUT2D eigenvalue weighted by Crippen LogP contribution is 2.16. The van der Waals surface area contributed by atoms with Crippen LogP contribution in [0, 0.1) is 17.5 Å². The van der Waals surface area contributed by atoms with E-state index >= 15 is 0 Å². The summed E-state index contributed by atoms with van der Waals surface area (Å²) in [7, 11) is 0. The van der Waals surface area contributed by atoms with Crippen molar-refractivity contribution in [2.45, 2.75) is 19.5 Å². The number of aliphatic hydroxyl groups excluding tert-OH is 1. The zero-order valence-corrected chi connectivity index (χ0v) is 10.4. The predicted octanol–water partition coefficient (Wildman–Crippen LogP) is 0.772. The van der Waals surface area contributed by atoms with Gasteiger partial charge in [0.05, 0.1) is 12.6 Å². The van der Waals surface area contributed by atoms with Gasteiger partial charge in [0.15, 0.2) is 11.6 Å². The lowest BCUT2D eigenvalue weighted by molar-refractivity contribution is -0.133. The number of hydrogen-bond acceptors (Lipinski definition) is 3. The maximum absolute atomic E-state index is 13.5. The van der Waals surface area contributed by atoms with Gasteiger partial charge in [-0.1, -0.05) is 0 Å². The molecule has 0 aromatic heterocycles. The number of benzene rings is 1. The van der Waals surface area contributed by atoms with E-state index in [1.165, 1.54) is 6.92 Å². The summed E-state index contributed by atoms with van der Waals surface area (Å²) >= 11 is 0. The van der Waals surface area contributed by atoms with E-state index < -0.39 is 29.4 Å². The van der Waals surface area contributed by atoms with Gasteiger partial charge >= 0.3 is 0 Å². The summed E-state index contributed by atoms with van der Waals surface area (Å²) in [5.74, 6) is -4.03. The molecule has 0 radical (unpaired) electrons. The van der Waals surface area contributed by atoms with E-state index in [1.807, 2.05) is 0 Å². The van der Waals surface area contributed by atoms with Crippen molar-refractivity contribution in [1.82, 2.24) is 4.90 Å². The van der Waals surface area contributed by atoms with E-state index in [4.69, 9.17) is 10.8 Å². The molecule has 0 bridgehead atoms. The largest absolute Gasteiger partial charge is 0.395 e. The van der Waals surface area contributed by atoms with Crippen molar-refractivity contribution in [2.24, 2.45) is 5.73 Å². The lowest BCUT2D eigenvalue weighted by atomic mass is 10.1. The minimum atomic E-state index is -1.33. The molecule has 1 rings (SSSR count). The Morgan fingerprint density at radius 1 is 1.42 bits per heavy atom. The first kappa shape index (κ1) is 15.5. The molecule has 7 heteroatoms. The van der Waals surface area contributed by atoms with Crippen LogP contribution in [0.25, 0.3) is 0 Å². The molecule has 4 nitrogen and oxygen atoms in total. The molecule has 0 saturated heterocycles. The quantitative estimate of drug-likeness (QED) is 0.781. The van der Waals surface area contributed by atoms with Crippen molar-refractivity contribution >= 4 is 5.91 Å². The van der Waals surface area contributed by atoms with Gasteiger partial charge in [-0.2, -0.15) is 0 Å². The van der Waals surface area contributed by atoms with E-state index in [0.717, 1.165) is 11.0 Å². The highest BCUT2D eigenvalue weighted by molar-refractivity contribution is 5.81. The summed E-state index contributed by atoms with van der Waals surface area (Å²) < 4.78 is 39.5. The Morgan fingerprint density at radius 3 is 2.58 bits per heavy atom. The molecule has 0 heterocycles. The Balaban J connectivity index is 3.00. The maximum Gasteiger partial charge on any atom is 0.239 e. The highest BCUT2D eigenvalue weighted by Gasteiger charge is 2.20. The van der Waals surface area contributed by atoms with E-state index in [1.54, 1.807) is 0 Å². The first-order valence-electron chi connectivity index (χ1n) is 5.65. The van der Waals surface area contributed by atoms with Crippen LogP contribution in [0.2, 0.25) is 0 Å². The summed E-state index contributed by atoms with van der Waals surface area (Å²) in [6.45, 7) is 0.604. The zero-order chi connectivity index (χ0) is 14.6. The monoisotopic (exact) mass is 276 g/mol. The first-order valence-corrected chi connectivity index (χ1v) is 5.65. The predicted molar refractivity (Wildman–Crippen MR) is 62.5 cm³/mol. The van der Waals surface area contributed by atoms with E-state index in [9.17, 15) is 18.0 Å². The Labute approximate surface area is 108 Å². The summed E-state index contributed by atoms with van der Waals surface area (Å²) in [6.07, 6.45) is 0. The van der Waals surface area contributed by atoms with Gasteiger partial charge in [0.2, 0.25) is 5.91 Å². The Bertz CT molecular complexity index is 467. The van der Waals surface area contributed by atoms with Crippen molar-refractivity contribution < 1.29 is 23.1 Å². The normalized spacial score (nSPS) is 12.3. The van der Waals surface area contributed by atoms with Gasteiger partial charge in [-0.3, -0.25) is 4.79 Å². The van der Waals surface area contributed by atoms with Crippen molar-refractivity contribution in [2.75, 3.05) is 13.2 Å². The highest BCUT2D eigenvalue weighted by atomic mass is 19.2. The minimum Gasteiger partial charge on any atom is -0.395 e. The average molecular weight is 276 g/mol. The second-order valence-electron chi connectivity index (χ2n) is 4.13. The molecule has 0 aliphatic heterocycles. The molecular weight excluding hydrogens is 261 g/mol. The van der Waals surface area contributed by atoms with Crippen LogP contribution in [0.3, 0.4) is 0 Å². The van der Waals surface area contributed by atoms with Gasteiger partial charge in [0, 0.05) is 24.7 Å². The molecule has 1 aromatic carbocycles. The molecule has 106 valence electrons. The molecule has 3 N–H and O–H groups in total. The summed E-state index contributed by atoms with van der Waals surface area (Å²) in [5.41, 5.74) is 5.10. The van der Waals surface area contributed by atoms with Crippen molar-refractivity contribution in [1.29, 1.82) is 0 Å². The second kappa shape index (κ2) is 6.53. The fourth-order valence-corrected chi connectivity index (χ4v) is 1.61. The van der Waals surface area contributed by atoms with Crippen LogP contribution in [0.1, 0.15) is 12.5 Å². The van der Waals surface area contributed by atoms with Gasteiger partial charge in [0.1, 0.15) is 5.82 Å². The molecule has 0 saturated carbocycles. The van der Waals surface area contributed by atoms with E-state index in [0.29, 0.717) is 6.07 Å².